The predicted molar refractivity (Wildman–Crippen MR) is 68.4 cm³/mol. The zero-order valence-corrected chi connectivity index (χ0v) is 11.0. The van der Waals surface area contributed by atoms with Gasteiger partial charge in [-0.25, -0.2) is 0 Å². The molecule has 3 rings (SSSR count). The van der Waals surface area contributed by atoms with Crippen LogP contribution in [-0.2, 0) is 14.3 Å². The van der Waals surface area contributed by atoms with Gasteiger partial charge in [-0.1, -0.05) is 6.07 Å². The molecule has 2 aliphatic heterocycles. The molecule has 0 radical (unpaired) electrons. The Morgan fingerprint density at radius 1 is 1.30 bits per heavy atom. The second-order valence-corrected chi connectivity index (χ2v) is 4.78. The quantitative estimate of drug-likeness (QED) is 0.810. The highest BCUT2D eigenvalue weighted by molar-refractivity contribution is 5.88. The molecule has 0 bridgehead atoms. The van der Waals surface area contributed by atoms with Crippen molar-refractivity contribution in [2.45, 2.75) is 12.5 Å². The Morgan fingerprint density at radius 2 is 2.05 bits per heavy atom. The molecule has 2 atom stereocenters. The van der Waals surface area contributed by atoms with Gasteiger partial charge in [-0.15, -0.1) is 0 Å². The summed E-state index contributed by atoms with van der Waals surface area (Å²) in [5, 5.41) is 2.81. The van der Waals surface area contributed by atoms with Crippen molar-refractivity contribution in [2.24, 2.45) is 5.92 Å². The molecule has 1 saturated heterocycles. The monoisotopic (exact) mass is 277 g/mol. The fourth-order valence-corrected chi connectivity index (χ4v) is 2.59. The maximum Gasteiger partial charge on any atom is 0.311 e. The van der Waals surface area contributed by atoms with Gasteiger partial charge in [0.15, 0.2) is 11.5 Å². The minimum absolute atomic E-state index is 0.145. The van der Waals surface area contributed by atoms with Crippen LogP contribution in [0.2, 0.25) is 0 Å². The van der Waals surface area contributed by atoms with Crippen molar-refractivity contribution < 1.29 is 23.8 Å². The van der Waals surface area contributed by atoms with E-state index in [1.54, 1.807) is 12.1 Å². The molecular formula is C14H15NO5. The first-order valence-electron chi connectivity index (χ1n) is 6.46. The first-order valence-corrected chi connectivity index (χ1v) is 6.46. The largest absolute Gasteiger partial charge is 0.486 e. The minimum atomic E-state index is -0.505. The van der Waals surface area contributed by atoms with E-state index in [9.17, 15) is 9.59 Å². The average Bonchev–Trinajstić information content (AvgIpc) is 2.88. The van der Waals surface area contributed by atoms with Gasteiger partial charge in [0, 0.05) is 6.42 Å². The van der Waals surface area contributed by atoms with Gasteiger partial charge < -0.3 is 19.5 Å². The third-order valence-corrected chi connectivity index (χ3v) is 3.55. The Bertz CT molecular complexity index is 556. The van der Waals surface area contributed by atoms with Crippen LogP contribution in [0.5, 0.6) is 11.5 Å². The number of rotatable bonds is 2. The van der Waals surface area contributed by atoms with Crippen molar-refractivity contribution in [3.8, 4) is 11.5 Å². The molecule has 1 aromatic rings. The molecule has 1 N–H and O–H groups in total. The third kappa shape index (κ3) is 2.17. The number of ether oxygens (including phenoxy) is 3. The number of carbonyl (C=O) groups is 2. The molecule has 0 unspecified atom stereocenters. The van der Waals surface area contributed by atoms with Gasteiger partial charge in [-0.05, 0) is 17.7 Å². The van der Waals surface area contributed by atoms with Gasteiger partial charge in [-0.2, -0.15) is 0 Å². The van der Waals surface area contributed by atoms with Gasteiger partial charge >= 0.3 is 5.97 Å². The maximum absolute atomic E-state index is 11.8. The summed E-state index contributed by atoms with van der Waals surface area (Å²) in [6, 6.07) is 5.05. The molecule has 0 saturated carbocycles. The van der Waals surface area contributed by atoms with Crippen LogP contribution in [-0.4, -0.2) is 32.2 Å². The molecule has 2 heterocycles. The summed E-state index contributed by atoms with van der Waals surface area (Å²) in [4.78, 5) is 23.3. The lowest BCUT2D eigenvalue weighted by atomic mass is 9.94. The van der Waals surface area contributed by atoms with Crippen LogP contribution >= 0.6 is 0 Å². The number of fused-ring (bicyclic) bond motifs is 1. The first-order chi connectivity index (χ1) is 9.69. The molecule has 2 aliphatic rings. The number of hydrogen-bond donors (Lipinski definition) is 1. The zero-order chi connectivity index (χ0) is 14.1. The standard InChI is InChI=1S/C14H15NO5/c1-18-14(17)9-7-12(16)15-13(9)8-2-3-10-11(6-8)20-5-4-19-10/h2-3,6,9,13H,4-5,7H2,1H3,(H,15,16)/t9-,13+/m1/s1. The van der Waals surface area contributed by atoms with E-state index in [4.69, 9.17) is 14.2 Å². The van der Waals surface area contributed by atoms with Crippen LogP contribution in [0.15, 0.2) is 18.2 Å². The second kappa shape index (κ2) is 5.03. The Kier molecular flexibility index (Phi) is 3.22. The van der Waals surface area contributed by atoms with Crippen LogP contribution in [0, 0.1) is 5.92 Å². The van der Waals surface area contributed by atoms with Gasteiger partial charge in [0.1, 0.15) is 13.2 Å². The van der Waals surface area contributed by atoms with Crippen molar-refractivity contribution in [3.05, 3.63) is 23.8 Å². The summed E-state index contributed by atoms with van der Waals surface area (Å²) < 4.78 is 15.7. The molecule has 0 aromatic heterocycles. The van der Waals surface area contributed by atoms with E-state index in [0.29, 0.717) is 24.7 Å². The van der Waals surface area contributed by atoms with E-state index in [1.165, 1.54) is 7.11 Å². The number of carbonyl (C=O) groups excluding carboxylic acids is 2. The van der Waals surface area contributed by atoms with E-state index in [0.717, 1.165) is 5.56 Å². The van der Waals surface area contributed by atoms with Crippen LogP contribution in [0.3, 0.4) is 0 Å². The molecular weight excluding hydrogens is 262 g/mol. The molecule has 20 heavy (non-hydrogen) atoms. The smallest absolute Gasteiger partial charge is 0.311 e. The fraction of sp³-hybridized carbons (Fsp3) is 0.429. The Hall–Kier alpha value is -2.24. The number of benzene rings is 1. The highest BCUT2D eigenvalue weighted by atomic mass is 16.6. The summed E-state index contributed by atoms with van der Waals surface area (Å²) in [5.74, 6) is 0.274. The lowest BCUT2D eigenvalue weighted by molar-refractivity contribution is -0.146. The van der Waals surface area contributed by atoms with E-state index in [2.05, 4.69) is 5.32 Å². The Morgan fingerprint density at radius 3 is 2.80 bits per heavy atom. The Labute approximate surface area is 116 Å². The van der Waals surface area contributed by atoms with Crippen molar-refractivity contribution >= 4 is 11.9 Å². The summed E-state index contributed by atoms with van der Waals surface area (Å²) in [6.07, 6.45) is 0.145. The summed E-state index contributed by atoms with van der Waals surface area (Å²) in [7, 11) is 1.33. The lowest BCUT2D eigenvalue weighted by Gasteiger charge is -2.22. The highest BCUT2D eigenvalue weighted by Gasteiger charge is 2.39. The molecule has 6 heteroatoms. The number of nitrogens with one attached hydrogen (secondary N) is 1. The summed E-state index contributed by atoms with van der Waals surface area (Å²) in [5.41, 5.74) is 0.815. The maximum atomic E-state index is 11.8. The van der Waals surface area contributed by atoms with Crippen LogP contribution in [0.4, 0.5) is 0 Å². The average molecular weight is 277 g/mol. The van der Waals surface area contributed by atoms with Gasteiger partial charge in [0.05, 0.1) is 19.1 Å². The molecule has 0 aliphatic carbocycles. The van der Waals surface area contributed by atoms with Gasteiger partial charge in [0.2, 0.25) is 5.91 Å². The SMILES string of the molecule is COC(=O)[C@@H]1CC(=O)N[C@H]1c1ccc2c(c1)OCCO2. The molecule has 1 fully saturated rings. The van der Waals surface area contributed by atoms with E-state index >= 15 is 0 Å². The first kappa shape index (κ1) is 12.8. The number of methoxy groups -OCH3 is 1. The zero-order valence-electron chi connectivity index (χ0n) is 11.0. The molecule has 106 valence electrons. The normalized spacial score (nSPS) is 24.1. The van der Waals surface area contributed by atoms with Crippen LogP contribution in [0.25, 0.3) is 0 Å². The van der Waals surface area contributed by atoms with Crippen molar-refractivity contribution in [1.29, 1.82) is 0 Å². The lowest BCUT2D eigenvalue weighted by Crippen LogP contribution is -2.25. The highest BCUT2D eigenvalue weighted by Crippen LogP contribution is 2.37. The molecule has 1 amide bonds. The van der Waals surface area contributed by atoms with Crippen LogP contribution < -0.4 is 14.8 Å². The van der Waals surface area contributed by atoms with E-state index in [1.807, 2.05) is 6.07 Å². The van der Waals surface area contributed by atoms with Crippen LogP contribution in [0.1, 0.15) is 18.0 Å². The van der Waals surface area contributed by atoms with E-state index in [-0.39, 0.29) is 24.3 Å². The second-order valence-electron chi connectivity index (χ2n) is 4.78. The van der Waals surface area contributed by atoms with Crippen molar-refractivity contribution in [2.75, 3.05) is 20.3 Å². The number of esters is 1. The number of amides is 1. The Balaban J connectivity index is 1.91. The minimum Gasteiger partial charge on any atom is -0.486 e. The third-order valence-electron chi connectivity index (χ3n) is 3.55. The molecule has 0 spiro atoms. The van der Waals surface area contributed by atoms with Gasteiger partial charge in [-0.3, -0.25) is 9.59 Å². The molecule has 1 aromatic carbocycles. The van der Waals surface area contributed by atoms with Gasteiger partial charge in [0.25, 0.3) is 0 Å². The predicted octanol–water partition coefficient (Wildman–Crippen LogP) is 0.808. The van der Waals surface area contributed by atoms with Crippen molar-refractivity contribution in [3.63, 3.8) is 0 Å². The summed E-state index contributed by atoms with van der Waals surface area (Å²) in [6.45, 7) is 1.02. The fourth-order valence-electron chi connectivity index (χ4n) is 2.59. The van der Waals surface area contributed by atoms with Crippen molar-refractivity contribution in [1.82, 2.24) is 5.32 Å². The molecule has 6 nitrogen and oxygen atoms in total. The topological polar surface area (TPSA) is 73.9 Å². The van der Waals surface area contributed by atoms with E-state index < -0.39 is 5.92 Å². The number of hydrogen-bond acceptors (Lipinski definition) is 5. The summed E-state index contributed by atoms with van der Waals surface area (Å²) >= 11 is 0.